The zero-order valence-corrected chi connectivity index (χ0v) is 16.1. The molecule has 1 aromatic heterocycles. The first-order valence-corrected chi connectivity index (χ1v) is 9.93. The van der Waals surface area contributed by atoms with Crippen molar-refractivity contribution in [2.24, 2.45) is 0 Å². The van der Waals surface area contributed by atoms with Gasteiger partial charge in [0.1, 0.15) is 0 Å². The lowest BCUT2D eigenvalue weighted by molar-refractivity contribution is -0.116. The van der Waals surface area contributed by atoms with E-state index in [1.54, 1.807) is 11.3 Å². The molecule has 4 nitrogen and oxygen atoms in total. The van der Waals surface area contributed by atoms with Crippen LogP contribution in [0.25, 0.3) is 0 Å². The maximum Gasteiger partial charge on any atom is 0.224 e. The standard InChI is InChI=1S/C19H24ClN3OS/c1-22-9-11-23(12-10-22)18-8-7-15(20)14-17(18)21-19(24)6-2-4-16-5-3-13-25-16/h3,5,7-8,13-14H,2,4,6,9-12H2,1H3,(H,21,24). The second kappa shape index (κ2) is 8.70. The molecule has 1 aliphatic heterocycles. The van der Waals surface area contributed by atoms with Crippen molar-refractivity contribution < 1.29 is 4.79 Å². The van der Waals surface area contributed by atoms with Crippen molar-refractivity contribution in [3.05, 3.63) is 45.6 Å². The van der Waals surface area contributed by atoms with Crippen LogP contribution in [-0.4, -0.2) is 44.0 Å². The Bertz CT molecular complexity index is 697. The van der Waals surface area contributed by atoms with E-state index in [2.05, 4.69) is 33.6 Å². The molecule has 0 unspecified atom stereocenters. The summed E-state index contributed by atoms with van der Waals surface area (Å²) in [5.41, 5.74) is 1.88. The highest BCUT2D eigenvalue weighted by Crippen LogP contribution is 2.30. The number of benzene rings is 1. The van der Waals surface area contributed by atoms with Crippen LogP contribution in [0.15, 0.2) is 35.7 Å². The summed E-state index contributed by atoms with van der Waals surface area (Å²) in [5, 5.41) is 5.78. The summed E-state index contributed by atoms with van der Waals surface area (Å²) in [4.78, 5) is 18.3. The Morgan fingerprint density at radius 1 is 1.24 bits per heavy atom. The summed E-state index contributed by atoms with van der Waals surface area (Å²) < 4.78 is 0. The van der Waals surface area contributed by atoms with Gasteiger partial charge in [-0.05, 0) is 49.5 Å². The van der Waals surface area contributed by atoms with Crippen molar-refractivity contribution in [2.45, 2.75) is 19.3 Å². The van der Waals surface area contributed by atoms with Gasteiger partial charge in [0.05, 0.1) is 11.4 Å². The minimum Gasteiger partial charge on any atom is -0.367 e. The van der Waals surface area contributed by atoms with Gasteiger partial charge in [0.25, 0.3) is 0 Å². The topological polar surface area (TPSA) is 35.6 Å². The summed E-state index contributed by atoms with van der Waals surface area (Å²) in [6, 6.07) is 9.92. The highest BCUT2D eigenvalue weighted by Gasteiger charge is 2.18. The van der Waals surface area contributed by atoms with E-state index in [0.29, 0.717) is 11.4 Å². The molecule has 134 valence electrons. The predicted octanol–water partition coefficient (Wildman–Crippen LogP) is 4.11. The number of rotatable bonds is 6. The number of hydrogen-bond acceptors (Lipinski definition) is 4. The van der Waals surface area contributed by atoms with Crippen LogP contribution >= 0.6 is 22.9 Å². The number of carbonyl (C=O) groups is 1. The van der Waals surface area contributed by atoms with E-state index in [1.165, 1.54) is 4.88 Å². The second-order valence-electron chi connectivity index (χ2n) is 6.43. The largest absolute Gasteiger partial charge is 0.367 e. The van der Waals surface area contributed by atoms with Gasteiger partial charge in [0, 0.05) is 42.5 Å². The fraction of sp³-hybridized carbons (Fsp3) is 0.421. The molecule has 1 amide bonds. The van der Waals surface area contributed by atoms with Crippen molar-refractivity contribution in [1.82, 2.24) is 4.90 Å². The van der Waals surface area contributed by atoms with Crippen LogP contribution in [0, 0.1) is 0 Å². The molecular formula is C19H24ClN3OS. The highest BCUT2D eigenvalue weighted by atomic mass is 35.5. The van der Waals surface area contributed by atoms with Crippen LogP contribution in [0.2, 0.25) is 5.02 Å². The molecule has 2 heterocycles. The third-order valence-electron chi connectivity index (χ3n) is 4.48. The molecule has 1 saturated heterocycles. The number of nitrogens with one attached hydrogen (secondary N) is 1. The van der Waals surface area contributed by atoms with Crippen LogP contribution < -0.4 is 10.2 Å². The van der Waals surface area contributed by atoms with Crippen LogP contribution in [-0.2, 0) is 11.2 Å². The van der Waals surface area contributed by atoms with Gasteiger partial charge in [-0.15, -0.1) is 11.3 Å². The third kappa shape index (κ3) is 5.21. The predicted molar refractivity (Wildman–Crippen MR) is 107 cm³/mol. The second-order valence-corrected chi connectivity index (χ2v) is 7.90. The summed E-state index contributed by atoms with van der Waals surface area (Å²) in [6.45, 7) is 3.96. The molecule has 6 heteroatoms. The van der Waals surface area contributed by atoms with E-state index in [9.17, 15) is 4.79 Å². The minimum absolute atomic E-state index is 0.0502. The lowest BCUT2D eigenvalue weighted by Crippen LogP contribution is -2.44. The molecule has 0 aliphatic carbocycles. The monoisotopic (exact) mass is 377 g/mol. The van der Waals surface area contributed by atoms with Gasteiger partial charge in [-0.2, -0.15) is 0 Å². The zero-order chi connectivity index (χ0) is 17.6. The average molecular weight is 378 g/mol. The Morgan fingerprint density at radius 3 is 2.76 bits per heavy atom. The number of carbonyl (C=O) groups excluding carboxylic acids is 1. The van der Waals surface area contributed by atoms with Gasteiger partial charge in [-0.25, -0.2) is 0 Å². The Balaban J connectivity index is 1.60. The SMILES string of the molecule is CN1CCN(c2ccc(Cl)cc2NC(=O)CCCc2cccs2)CC1. The molecule has 1 fully saturated rings. The van der Waals surface area contributed by atoms with Crippen molar-refractivity contribution in [2.75, 3.05) is 43.4 Å². The van der Waals surface area contributed by atoms with E-state index in [-0.39, 0.29) is 5.91 Å². The summed E-state index contributed by atoms with van der Waals surface area (Å²) in [6.07, 6.45) is 2.33. The van der Waals surface area contributed by atoms with Crippen LogP contribution in [0.5, 0.6) is 0 Å². The number of nitrogens with zero attached hydrogens (tertiary/aromatic N) is 2. The van der Waals surface area contributed by atoms with Crippen LogP contribution in [0.3, 0.4) is 0 Å². The van der Waals surface area contributed by atoms with Gasteiger partial charge < -0.3 is 15.1 Å². The number of amides is 1. The number of likely N-dealkylation sites (N-methyl/N-ethyl adjacent to an activating group) is 1. The number of halogens is 1. The first-order chi connectivity index (χ1) is 12.1. The Hall–Kier alpha value is -1.56. The van der Waals surface area contributed by atoms with E-state index in [1.807, 2.05) is 24.3 Å². The fourth-order valence-electron chi connectivity index (χ4n) is 3.02. The molecule has 0 saturated carbocycles. The number of thiophene rings is 1. The Kier molecular flexibility index (Phi) is 6.34. The molecule has 25 heavy (non-hydrogen) atoms. The Labute approximate surface area is 158 Å². The van der Waals surface area contributed by atoms with Gasteiger partial charge in [0.2, 0.25) is 5.91 Å². The maximum absolute atomic E-state index is 12.4. The normalized spacial score (nSPS) is 15.4. The lowest BCUT2D eigenvalue weighted by atomic mass is 10.2. The first kappa shape index (κ1) is 18.2. The zero-order valence-electron chi connectivity index (χ0n) is 14.5. The van der Waals surface area contributed by atoms with E-state index >= 15 is 0 Å². The molecular weight excluding hydrogens is 354 g/mol. The number of hydrogen-bond donors (Lipinski definition) is 1. The van der Waals surface area contributed by atoms with E-state index < -0.39 is 0 Å². The molecule has 0 bridgehead atoms. The molecule has 0 atom stereocenters. The van der Waals surface area contributed by atoms with Crippen LogP contribution in [0.1, 0.15) is 17.7 Å². The maximum atomic E-state index is 12.4. The first-order valence-electron chi connectivity index (χ1n) is 8.67. The minimum atomic E-state index is 0.0502. The Morgan fingerprint density at radius 2 is 2.04 bits per heavy atom. The molecule has 1 N–H and O–H groups in total. The number of aryl methyl sites for hydroxylation is 1. The van der Waals surface area contributed by atoms with Gasteiger partial charge in [-0.3, -0.25) is 4.79 Å². The summed E-state index contributed by atoms with van der Waals surface area (Å²) in [5.74, 6) is 0.0502. The third-order valence-corrected chi connectivity index (χ3v) is 5.66. The smallest absolute Gasteiger partial charge is 0.224 e. The molecule has 0 spiro atoms. The number of piperazine rings is 1. The highest BCUT2D eigenvalue weighted by molar-refractivity contribution is 7.09. The molecule has 2 aromatic rings. The van der Waals surface area contributed by atoms with Crippen molar-refractivity contribution >= 4 is 40.2 Å². The quantitative estimate of drug-likeness (QED) is 0.822. The molecule has 1 aliphatic rings. The average Bonchev–Trinajstić information content (AvgIpc) is 3.09. The van der Waals surface area contributed by atoms with Gasteiger partial charge in [0.15, 0.2) is 0 Å². The summed E-state index contributed by atoms with van der Waals surface area (Å²) >= 11 is 7.90. The van der Waals surface area contributed by atoms with Gasteiger partial charge >= 0.3 is 0 Å². The van der Waals surface area contributed by atoms with Crippen molar-refractivity contribution in [1.29, 1.82) is 0 Å². The lowest BCUT2D eigenvalue weighted by Gasteiger charge is -2.35. The van der Waals surface area contributed by atoms with E-state index in [4.69, 9.17) is 11.6 Å². The fourth-order valence-corrected chi connectivity index (χ4v) is 3.95. The summed E-state index contributed by atoms with van der Waals surface area (Å²) in [7, 11) is 2.13. The van der Waals surface area contributed by atoms with Gasteiger partial charge in [-0.1, -0.05) is 17.7 Å². The molecule has 1 aromatic carbocycles. The molecule has 0 radical (unpaired) electrons. The van der Waals surface area contributed by atoms with Crippen molar-refractivity contribution in [3.8, 4) is 0 Å². The number of anilines is 2. The molecule has 3 rings (SSSR count). The van der Waals surface area contributed by atoms with Crippen molar-refractivity contribution in [3.63, 3.8) is 0 Å². The van der Waals surface area contributed by atoms with E-state index in [0.717, 1.165) is 50.4 Å². The van der Waals surface area contributed by atoms with Crippen LogP contribution in [0.4, 0.5) is 11.4 Å².